The van der Waals surface area contributed by atoms with Crippen molar-refractivity contribution in [1.29, 1.82) is 0 Å². The Balaban J connectivity index is 2.16. The summed E-state index contributed by atoms with van der Waals surface area (Å²) < 4.78 is 28.4. The molecular formula is C17H21N7O7S. The number of anilines is 1. The minimum atomic E-state index is -4.30. The van der Waals surface area contributed by atoms with E-state index in [4.69, 9.17) is 16.3 Å². The van der Waals surface area contributed by atoms with Gasteiger partial charge in [0.25, 0.3) is 21.3 Å². The summed E-state index contributed by atoms with van der Waals surface area (Å²) in [6.45, 7) is 1.22. The van der Waals surface area contributed by atoms with Gasteiger partial charge in [-0.05, 0) is 30.3 Å². The van der Waals surface area contributed by atoms with Crippen molar-refractivity contribution >= 4 is 33.3 Å². The van der Waals surface area contributed by atoms with Crippen LogP contribution in [-0.4, -0.2) is 42.9 Å². The minimum absolute atomic E-state index is 0.0133. The van der Waals surface area contributed by atoms with Crippen LogP contribution in [0.4, 0.5) is 11.4 Å². The first kappa shape index (κ1) is 24.1. The van der Waals surface area contributed by atoms with Gasteiger partial charge in [-0.25, -0.2) is 8.42 Å². The third-order valence-electron chi connectivity index (χ3n) is 3.96. The zero-order valence-electron chi connectivity index (χ0n) is 16.8. The minimum Gasteiger partial charge on any atom is -0.391 e. The van der Waals surface area contributed by atoms with Gasteiger partial charge in [-0.3, -0.25) is 24.4 Å². The molecule has 172 valence electrons. The van der Waals surface area contributed by atoms with Gasteiger partial charge in [-0.15, -0.1) is 0 Å². The SMILES string of the molecule is Cc1ccc(NS(=O)(=O)c2cccc([N+](=O)[O-])c2)c(=O)n1CC(=O)NCCON=C(N)N. The van der Waals surface area contributed by atoms with Crippen molar-refractivity contribution in [1.82, 2.24) is 9.88 Å². The van der Waals surface area contributed by atoms with Crippen molar-refractivity contribution < 1.29 is 23.0 Å². The van der Waals surface area contributed by atoms with Crippen LogP contribution < -0.4 is 27.1 Å². The lowest BCUT2D eigenvalue weighted by Crippen LogP contribution is -2.36. The number of nitrogens with one attached hydrogen (secondary N) is 2. The van der Waals surface area contributed by atoms with Crippen LogP contribution in [-0.2, 0) is 26.2 Å². The third kappa shape index (κ3) is 6.43. The number of hydrogen-bond donors (Lipinski definition) is 4. The van der Waals surface area contributed by atoms with Gasteiger partial charge in [-0.2, -0.15) is 0 Å². The number of guanidine groups is 1. The predicted molar refractivity (Wildman–Crippen MR) is 114 cm³/mol. The molecule has 0 fully saturated rings. The zero-order valence-corrected chi connectivity index (χ0v) is 17.7. The molecule has 0 spiro atoms. The number of benzene rings is 1. The summed E-state index contributed by atoms with van der Waals surface area (Å²) in [5.74, 6) is -0.815. The molecule has 0 unspecified atom stereocenters. The van der Waals surface area contributed by atoms with Crippen molar-refractivity contribution in [2.24, 2.45) is 16.6 Å². The number of nitrogens with zero attached hydrogens (tertiary/aromatic N) is 3. The number of pyridine rings is 1. The molecule has 1 heterocycles. The summed E-state index contributed by atoms with van der Waals surface area (Å²) in [5, 5.41) is 16.7. The number of hydrogen-bond acceptors (Lipinski definition) is 8. The Labute approximate surface area is 182 Å². The molecule has 1 amide bonds. The first-order valence-corrected chi connectivity index (χ1v) is 10.4. The highest BCUT2D eigenvalue weighted by atomic mass is 32.2. The van der Waals surface area contributed by atoms with Crippen molar-refractivity contribution in [3.63, 3.8) is 0 Å². The number of nitro groups is 1. The fraction of sp³-hybridized carbons (Fsp3) is 0.235. The lowest BCUT2D eigenvalue weighted by Gasteiger charge is -2.13. The van der Waals surface area contributed by atoms with E-state index in [1.807, 2.05) is 0 Å². The number of aromatic nitrogens is 1. The lowest BCUT2D eigenvalue weighted by atomic mass is 10.3. The number of nitrogens with two attached hydrogens (primary N) is 2. The Morgan fingerprint density at radius 2 is 2.00 bits per heavy atom. The number of carbonyl (C=O) groups excluding carboxylic acids is 1. The molecule has 0 aliphatic rings. The maximum Gasteiger partial charge on any atom is 0.275 e. The van der Waals surface area contributed by atoms with Crippen LogP contribution >= 0.6 is 0 Å². The van der Waals surface area contributed by atoms with Crippen molar-refractivity contribution in [2.75, 3.05) is 17.9 Å². The van der Waals surface area contributed by atoms with Crippen LogP contribution in [0.25, 0.3) is 0 Å². The van der Waals surface area contributed by atoms with Gasteiger partial charge < -0.3 is 26.2 Å². The predicted octanol–water partition coefficient (Wildman–Crippen LogP) is -0.813. The van der Waals surface area contributed by atoms with E-state index in [-0.39, 0.29) is 31.3 Å². The van der Waals surface area contributed by atoms with Crippen molar-refractivity contribution in [2.45, 2.75) is 18.4 Å². The van der Waals surface area contributed by atoms with Crippen LogP contribution in [0.5, 0.6) is 0 Å². The second-order valence-corrected chi connectivity index (χ2v) is 8.02. The summed E-state index contributed by atoms with van der Waals surface area (Å²) in [6.07, 6.45) is 0. The van der Waals surface area contributed by atoms with E-state index in [2.05, 4.69) is 15.2 Å². The Kier molecular flexibility index (Phi) is 7.73. The molecule has 14 nitrogen and oxygen atoms in total. The van der Waals surface area contributed by atoms with Gasteiger partial charge in [0.1, 0.15) is 18.8 Å². The Morgan fingerprint density at radius 1 is 1.28 bits per heavy atom. The van der Waals surface area contributed by atoms with Gasteiger partial charge >= 0.3 is 0 Å². The standard InChI is InChI=1S/C17H21N7O7S/c1-11-5-6-14(22-32(29,30)13-4-2-3-12(9-13)24(27)28)16(26)23(11)10-15(25)20-7-8-31-21-17(18)19/h2-6,9,22H,7-8,10H2,1H3,(H,20,25)(H4,18,19,21). The van der Waals surface area contributed by atoms with Gasteiger partial charge in [-0.1, -0.05) is 6.07 Å². The lowest BCUT2D eigenvalue weighted by molar-refractivity contribution is -0.385. The van der Waals surface area contributed by atoms with E-state index in [0.717, 1.165) is 22.8 Å². The highest BCUT2D eigenvalue weighted by molar-refractivity contribution is 7.92. The summed E-state index contributed by atoms with van der Waals surface area (Å²) in [5.41, 5.74) is 9.05. The molecule has 32 heavy (non-hydrogen) atoms. The van der Waals surface area contributed by atoms with Crippen LogP contribution in [0.1, 0.15) is 5.69 Å². The van der Waals surface area contributed by atoms with Gasteiger partial charge in [0.15, 0.2) is 0 Å². The van der Waals surface area contributed by atoms with E-state index < -0.39 is 37.0 Å². The number of non-ortho nitro benzene ring substituents is 1. The maximum absolute atomic E-state index is 12.7. The molecule has 0 aliphatic carbocycles. The second-order valence-electron chi connectivity index (χ2n) is 6.34. The molecule has 0 aliphatic heterocycles. The van der Waals surface area contributed by atoms with E-state index >= 15 is 0 Å². The maximum atomic E-state index is 12.7. The smallest absolute Gasteiger partial charge is 0.275 e. The van der Waals surface area contributed by atoms with Crippen molar-refractivity contribution in [3.05, 3.63) is 62.6 Å². The third-order valence-corrected chi connectivity index (χ3v) is 5.33. The molecule has 15 heteroatoms. The van der Waals surface area contributed by atoms with Gasteiger partial charge in [0, 0.05) is 17.8 Å². The average molecular weight is 467 g/mol. The summed E-state index contributed by atoms with van der Waals surface area (Å²) >= 11 is 0. The summed E-state index contributed by atoms with van der Waals surface area (Å²) in [4.78, 5) is 39.3. The molecule has 2 rings (SSSR count). The van der Waals surface area contributed by atoms with Crippen LogP contribution in [0, 0.1) is 17.0 Å². The Hall–Kier alpha value is -4.14. The zero-order chi connectivity index (χ0) is 23.9. The molecular weight excluding hydrogens is 446 g/mol. The number of nitro benzene ring substituents is 1. The normalized spacial score (nSPS) is 10.8. The molecule has 1 aromatic carbocycles. The monoisotopic (exact) mass is 467 g/mol. The average Bonchev–Trinajstić information content (AvgIpc) is 2.72. The highest BCUT2D eigenvalue weighted by Gasteiger charge is 2.20. The van der Waals surface area contributed by atoms with E-state index in [0.29, 0.717) is 5.69 Å². The number of oxime groups is 1. The van der Waals surface area contributed by atoms with E-state index in [1.165, 1.54) is 18.2 Å². The second kappa shape index (κ2) is 10.3. The number of amides is 1. The topological polar surface area (TPSA) is 214 Å². The van der Waals surface area contributed by atoms with E-state index in [9.17, 15) is 28.1 Å². The molecule has 0 atom stereocenters. The molecule has 1 aromatic heterocycles. The largest absolute Gasteiger partial charge is 0.391 e. The Bertz CT molecular complexity index is 1200. The van der Waals surface area contributed by atoms with Crippen LogP contribution in [0.3, 0.4) is 0 Å². The fourth-order valence-electron chi connectivity index (χ4n) is 2.47. The van der Waals surface area contributed by atoms with Crippen molar-refractivity contribution in [3.8, 4) is 0 Å². The summed E-state index contributed by atoms with van der Waals surface area (Å²) in [6, 6.07) is 7.05. The Morgan fingerprint density at radius 3 is 2.66 bits per heavy atom. The molecule has 2 aromatic rings. The van der Waals surface area contributed by atoms with Gasteiger partial charge in [0.2, 0.25) is 11.9 Å². The van der Waals surface area contributed by atoms with Gasteiger partial charge in [0.05, 0.1) is 16.4 Å². The molecule has 0 bridgehead atoms. The molecule has 0 radical (unpaired) electrons. The number of sulfonamides is 1. The first-order valence-electron chi connectivity index (χ1n) is 8.96. The number of aryl methyl sites for hydroxylation is 1. The quantitative estimate of drug-likeness (QED) is 0.113. The number of carbonyl (C=O) groups is 1. The first-order chi connectivity index (χ1) is 15.0. The highest BCUT2D eigenvalue weighted by Crippen LogP contribution is 2.19. The van der Waals surface area contributed by atoms with E-state index in [1.54, 1.807) is 6.92 Å². The van der Waals surface area contributed by atoms with Crippen LogP contribution in [0.15, 0.2) is 51.2 Å². The number of rotatable bonds is 10. The fourth-order valence-corrected chi connectivity index (χ4v) is 3.56. The summed E-state index contributed by atoms with van der Waals surface area (Å²) in [7, 11) is -4.30. The molecule has 0 saturated heterocycles. The molecule has 6 N–H and O–H groups in total. The molecule has 0 saturated carbocycles. The van der Waals surface area contributed by atoms with Crippen LogP contribution in [0.2, 0.25) is 0 Å².